The monoisotopic (exact) mass is 342 g/mol. The van der Waals surface area contributed by atoms with E-state index in [2.05, 4.69) is 17.2 Å². The Balaban J connectivity index is 0. The Hall–Kier alpha value is -0.530. The number of carbonyl (C=O) groups is 1. The van der Waals surface area contributed by atoms with Gasteiger partial charge in [-0.2, -0.15) is 0 Å². The summed E-state index contributed by atoms with van der Waals surface area (Å²) in [5.41, 5.74) is 10.2. The van der Waals surface area contributed by atoms with Crippen molar-refractivity contribution in [2.75, 3.05) is 13.1 Å². The van der Waals surface area contributed by atoms with Crippen LogP contribution in [0.1, 0.15) is 33.6 Å². The molecule has 0 aromatic rings. The third-order valence-electron chi connectivity index (χ3n) is 2.15. The molecule has 0 saturated heterocycles. The number of primary amides is 1. The summed E-state index contributed by atoms with van der Waals surface area (Å²) in [4.78, 5) is 15.1. The van der Waals surface area contributed by atoms with Crippen molar-refractivity contribution in [3.63, 3.8) is 0 Å². The summed E-state index contributed by atoms with van der Waals surface area (Å²) in [6.45, 7) is 6.72. The topological polar surface area (TPSA) is 93.5 Å². The highest BCUT2D eigenvalue weighted by Crippen LogP contribution is 2.13. The van der Waals surface area contributed by atoms with Gasteiger partial charge >= 0.3 is 0 Å². The number of aliphatic imine (C=N–C) groups is 1. The lowest BCUT2D eigenvalue weighted by Gasteiger charge is -2.17. The molecule has 0 aromatic heterocycles. The van der Waals surface area contributed by atoms with Gasteiger partial charge in [0.2, 0.25) is 5.91 Å². The second kappa shape index (κ2) is 8.60. The van der Waals surface area contributed by atoms with E-state index in [-0.39, 0.29) is 29.9 Å². The molecule has 0 aliphatic carbocycles. The molecular weight excluding hydrogens is 319 g/mol. The van der Waals surface area contributed by atoms with Crippen LogP contribution in [0.5, 0.6) is 0 Å². The summed E-state index contributed by atoms with van der Waals surface area (Å²) >= 11 is 0. The van der Waals surface area contributed by atoms with Gasteiger partial charge in [0.1, 0.15) is 0 Å². The third-order valence-corrected chi connectivity index (χ3v) is 2.15. The van der Waals surface area contributed by atoms with Crippen LogP contribution >= 0.6 is 24.0 Å². The molecule has 1 amide bonds. The fourth-order valence-electron chi connectivity index (χ4n) is 0.810. The molecule has 0 atom stereocenters. The molecule has 0 saturated carbocycles. The average molecular weight is 342 g/mol. The maximum Gasteiger partial charge on any atom is 0.224 e. The SMILES string of the molecule is CCCCNC(N)=NCC(C)(C)C(N)=O.I. The molecule has 0 rings (SSSR count). The number of nitrogens with two attached hydrogens (primary N) is 2. The molecule has 0 aliphatic heterocycles. The summed E-state index contributed by atoms with van der Waals surface area (Å²) in [6, 6.07) is 0. The first-order chi connectivity index (χ1) is 6.90. The minimum atomic E-state index is -0.642. The molecule has 0 spiro atoms. The number of rotatable bonds is 6. The Morgan fingerprint density at radius 3 is 2.38 bits per heavy atom. The minimum absolute atomic E-state index is 0. The number of hydrogen-bond donors (Lipinski definition) is 3. The lowest BCUT2D eigenvalue weighted by molar-refractivity contribution is -0.125. The van der Waals surface area contributed by atoms with Crippen molar-refractivity contribution in [3.8, 4) is 0 Å². The Morgan fingerprint density at radius 2 is 1.94 bits per heavy atom. The number of carbonyl (C=O) groups excluding carboxylic acids is 1. The van der Waals surface area contributed by atoms with Gasteiger partial charge in [-0.25, -0.2) is 0 Å². The van der Waals surface area contributed by atoms with Crippen molar-refractivity contribution in [2.45, 2.75) is 33.6 Å². The highest BCUT2D eigenvalue weighted by atomic mass is 127. The van der Waals surface area contributed by atoms with E-state index in [0.29, 0.717) is 12.5 Å². The van der Waals surface area contributed by atoms with Crippen molar-refractivity contribution in [1.82, 2.24) is 5.32 Å². The van der Waals surface area contributed by atoms with Crippen LogP contribution in [0.2, 0.25) is 0 Å². The average Bonchev–Trinajstić information content (AvgIpc) is 2.15. The number of hydrogen-bond acceptors (Lipinski definition) is 2. The molecule has 96 valence electrons. The predicted octanol–water partition coefficient (Wildman–Crippen LogP) is 0.820. The fourth-order valence-corrected chi connectivity index (χ4v) is 0.810. The van der Waals surface area contributed by atoms with Gasteiger partial charge in [0, 0.05) is 6.54 Å². The molecule has 0 radical (unpaired) electrons. The Bertz CT molecular complexity index is 241. The second-order valence-electron chi connectivity index (χ2n) is 4.23. The van der Waals surface area contributed by atoms with E-state index >= 15 is 0 Å². The van der Waals surface area contributed by atoms with Gasteiger partial charge in [0.25, 0.3) is 0 Å². The molecule has 0 fully saturated rings. The van der Waals surface area contributed by atoms with Gasteiger partial charge in [-0.3, -0.25) is 9.79 Å². The van der Waals surface area contributed by atoms with Crippen molar-refractivity contribution in [1.29, 1.82) is 0 Å². The summed E-state index contributed by atoms with van der Waals surface area (Å²) < 4.78 is 0. The normalized spacial score (nSPS) is 11.8. The minimum Gasteiger partial charge on any atom is -0.370 e. The Kier molecular flexibility index (Phi) is 9.60. The second-order valence-corrected chi connectivity index (χ2v) is 4.23. The summed E-state index contributed by atoms with van der Waals surface area (Å²) in [5.74, 6) is 0.00498. The smallest absolute Gasteiger partial charge is 0.224 e. The largest absolute Gasteiger partial charge is 0.370 e. The van der Waals surface area contributed by atoms with Crippen molar-refractivity contribution in [3.05, 3.63) is 0 Å². The zero-order valence-electron chi connectivity index (χ0n) is 10.2. The van der Waals surface area contributed by atoms with Crippen molar-refractivity contribution in [2.24, 2.45) is 21.9 Å². The molecule has 0 aromatic carbocycles. The number of guanidine groups is 1. The fraction of sp³-hybridized carbons (Fsp3) is 0.800. The van der Waals surface area contributed by atoms with E-state index in [1.807, 2.05) is 0 Å². The number of unbranched alkanes of at least 4 members (excludes halogenated alkanes) is 1. The number of halogens is 1. The standard InChI is InChI=1S/C10H22N4O.HI/c1-4-5-6-13-9(12)14-7-10(2,3)8(11)15;/h4-7H2,1-3H3,(H2,11,15)(H3,12,13,14);1H. The number of nitrogens with one attached hydrogen (secondary N) is 1. The maximum atomic E-state index is 11.0. The van der Waals surface area contributed by atoms with E-state index in [1.165, 1.54) is 0 Å². The summed E-state index contributed by atoms with van der Waals surface area (Å²) in [7, 11) is 0. The molecule has 0 unspecified atom stereocenters. The zero-order valence-corrected chi connectivity index (χ0v) is 12.6. The highest BCUT2D eigenvalue weighted by Gasteiger charge is 2.24. The lowest BCUT2D eigenvalue weighted by atomic mass is 9.93. The molecule has 0 heterocycles. The van der Waals surface area contributed by atoms with E-state index in [1.54, 1.807) is 13.8 Å². The summed E-state index contributed by atoms with van der Waals surface area (Å²) in [5, 5.41) is 2.97. The molecular formula is C10H23IN4O. The number of amides is 1. The first-order valence-electron chi connectivity index (χ1n) is 5.24. The zero-order chi connectivity index (χ0) is 11.9. The van der Waals surface area contributed by atoms with Crippen LogP contribution in [-0.4, -0.2) is 25.0 Å². The van der Waals surface area contributed by atoms with Gasteiger partial charge in [0.05, 0.1) is 12.0 Å². The Morgan fingerprint density at radius 1 is 1.38 bits per heavy atom. The highest BCUT2D eigenvalue weighted by molar-refractivity contribution is 14.0. The third kappa shape index (κ3) is 7.72. The molecule has 5 N–H and O–H groups in total. The van der Waals surface area contributed by atoms with Crippen LogP contribution in [-0.2, 0) is 4.79 Å². The molecule has 0 bridgehead atoms. The first kappa shape index (κ1) is 17.9. The van der Waals surface area contributed by atoms with E-state index in [0.717, 1.165) is 19.4 Å². The molecule has 0 aliphatic rings. The molecule has 16 heavy (non-hydrogen) atoms. The van der Waals surface area contributed by atoms with E-state index in [4.69, 9.17) is 11.5 Å². The first-order valence-corrected chi connectivity index (χ1v) is 5.24. The molecule has 5 nitrogen and oxygen atoms in total. The van der Waals surface area contributed by atoms with Crippen LogP contribution in [0.15, 0.2) is 4.99 Å². The van der Waals surface area contributed by atoms with Gasteiger partial charge in [-0.05, 0) is 20.3 Å². The van der Waals surface area contributed by atoms with Gasteiger partial charge in [-0.1, -0.05) is 13.3 Å². The molecule has 6 heteroatoms. The Labute approximate surface area is 114 Å². The van der Waals surface area contributed by atoms with Crippen LogP contribution < -0.4 is 16.8 Å². The number of nitrogens with zero attached hydrogens (tertiary/aromatic N) is 1. The predicted molar refractivity (Wildman–Crippen MR) is 77.8 cm³/mol. The van der Waals surface area contributed by atoms with Crippen LogP contribution in [0, 0.1) is 5.41 Å². The van der Waals surface area contributed by atoms with Crippen molar-refractivity contribution < 1.29 is 4.79 Å². The lowest BCUT2D eigenvalue weighted by Crippen LogP contribution is -2.37. The van der Waals surface area contributed by atoms with Crippen LogP contribution in [0.3, 0.4) is 0 Å². The maximum absolute atomic E-state index is 11.0. The van der Waals surface area contributed by atoms with Gasteiger partial charge < -0.3 is 16.8 Å². The van der Waals surface area contributed by atoms with Crippen LogP contribution in [0.25, 0.3) is 0 Å². The van der Waals surface area contributed by atoms with E-state index < -0.39 is 5.41 Å². The quantitative estimate of drug-likeness (QED) is 0.289. The van der Waals surface area contributed by atoms with Gasteiger partial charge in [0.15, 0.2) is 5.96 Å². The van der Waals surface area contributed by atoms with Crippen LogP contribution in [0.4, 0.5) is 0 Å². The van der Waals surface area contributed by atoms with E-state index in [9.17, 15) is 4.79 Å². The van der Waals surface area contributed by atoms with Gasteiger partial charge in [-0.15, -0.1) is 24.0 Å². The summed E-state index contributed by atoms with van der Waals surface area (Å²) in [6.07, 6.45) is 2.16. The van der Waals surface area contributed by atoms with Crippen molar-refractivity contribution >= 4 is 35.8 Å².